The van der Waals surface area contributed by atoms with Gasteiger partial charge in [0.05, 0.1) is 0 Å². The van der Waals surface area contributed by atoms with E-state index in [0.717, 1.165) is 29.2 Å². The van der Waals surface area contributed by atoms with Crippen molar-refractivity contribution in [3.05, 3.63) is 87.0 Å². The van der Waals surface area contributed by atoms with Gasteiger partial charge >= 0.3 is 8.60 Å². The molecule has 1 aliphatic heterocycles. The highest BCUT2D eigenvalue weighted by Gasteiger charge is 2.36. The van der Waals surface area contributed by atoms with E-state index in [1.165, 1.54) is 38.9 Å². The van der Waals surface area contributed by atoms with Crippen LogP contribution in [0.1, 0.15) is 148 Å². The molecule has 1 aliphatic rings. The first kappa shape index (κ1) is 34.4. The lowest BCUT2D eigenvalue weighted by atomic mass is 9.76. The third-order valence-corrected chi connectivity index (χ3v) is 9.52. The van der Waals surface area contributed by atoms with Gasteiger partial charge in [0.1, 0.15) is 17.2 Å². The van der Waals surface area contributed by atoms with Gasteiger partial charge in [0.2, 0.25) is 0 Å². The van der Waals surface area contributed by atoms with Crippen LogP contribution < -0.4 is 13.6 Å². The molecule has 0 bridgehead atoms. The average molecular weight is 617 g/mol. The SMILES string of the molecule is Cc1ccc(OP2Oc3c(cc(C(C)(C)C)cc3C(C)(C)C)Cc3cc(C(C)(C)C)cc(C(C)(C)C)c3O2)c(C(C)(C)C)c1. The summed E-state index contributed by atoms with van der Waals surface area (Å²) in [7, 11) is -1.84. The van der Waals surface area contributed by atoms with Gasteiger partial charge in [-0.3, -0.25) is 0 Å². The standard InChI is InChI=1S/C40H57O3P/c1-25-17-18-33(30(19-25)38(8,9)10)41-44-42-34-26(21-28(36(2,3)4)23-31(34)39(11,12)13)20-27-22-29(37(5,6)7)24-32(35(27)43-44)40(14,15)16/h17-19,21-24H,20H2,1-16H3. The minimum atomic E-state index is -1.84. The van der Waals surface area contributed by atoms with E-state index in [-0.39, 0.29) is 27.1 Å². The van der Waals surface area contributed by atoms with Crippen molar-refractivity contribution in [1.29, 1.82) is 0 Å². The van der Waals surface area contributed by atoms with Crippen LogP contribution in [0.25, 0.3) is 0 Å². The van der Waals surface area contributed by atoms with E-state index < -0.39 is 8.60 Å². The van der Waals surface area contributed by atoms with Gasteiger partial charge in [0.25, 0.3) is 0 Å². The zero-order chi connectivity index (χ0) is 33.2. The van der Waals surface area contributed by atoms with Crippen molar-refractivity contribution in [2.45, 2.75) is 144 Å². The summed E-state index contributed by atoms with van der Waals surface area (Å²) in [6.45, 7) is 36.1. The Balaban J connectivity index is 2.06. The molecule has 3 nitrogen and oxygen atoms in total. The Morgan fingerprint density at radius 1 is 0.523 bits per heavy atom. The molecular formula is C40H57O3P. The summed E-state index contributed by atoms with van der Waals surface area (Å²) in [4.78, 5) is 0. The Hall–Kier alpha value is -2.51. The van der Waals surface area contributed by atoms with Crippen LogP contribution in [0.5, 0.6) is 17.2 Å². The molecule has 0 atom stereocenters. The smallest absolute Gasteiger partial charge is 0.408 e. The van der Waals surface area contributed by atoms with Gasteiger partial charge in [-0.25, -0.2) is 0 Å². The van der Waals surface area contributed by atoms with Crippen molar-refractivity contribution >= 4 is 8.60 Å². The van der Waals surface area contributed by atoms with Crippen molar-refractivity contribution < 1.29 is 13.6 Å². The van der Waals surface area contributed by atoms with E-state index in [9.17, 15) is 0 Å². The van der Waals surface area contributed by atoms with Crippen molar-refractivity contribution in [1.82, 2.24) is 0 Å². The first-order valence-electron chi connectivity index (χ1n) is 16.2. The molecule has 0 spiro atoms. The second kappa shape index (κ2) is 11.4. The maximum Gasteiger partial charge on any atom is 0.530 e. The molecule has 1 heterocycles. The molecule has 0 aromatic heterocycles. The molecule has 0 amide bonds. The summed E-state index contributed by atoms with van der Waals surface area (Å²) in [6, 6.07) is 15.8. The number of rotatable bonds is 2. The third kappa shape index (κ3) is 7.47. The van der Waals surface area contributed by atoms with E-state index in [4.69, 9.17) is 13.6 Å². The predicted molar refractivity (Wildman–Crippen MR) is 189 cm³/mol. The quantitative estimate of drug-likeness (QED) is 0.268. The Morgan fingerprint density at radius 2 is 0.932 bits per heavy atom. The predicted octanol–water partition coefficient (Wildman–Crippen LogP) is 12.2. The van der Waals surface area contributed by atoms with Crippen LogP contribution in [0.3, 0.4) is 0 Å². The lowest BCUT2D eigenvalue weighted by molar-refractivity contribution is 0.365. The van der Waals surface area contributed by atoms with Gasteiger partial charge in [0, 0.05) is 23.1 Å². The van der Waals surface area contributed by atoms with E-state index >= 15 is 0 Å². The van der Waals surface area contributed by atoms with Crippen molar-refractivity contribution in [3.8, 4) is 17.2 Å². The summed E-state index contributed by atoms with van der Waals surface area (Å²) < 4.78 is 20.9. The summed E-state index contributed by atoms with van der Waals surface area (Å²) in [5.74, 6) is 2.60. The summed E-state index contributed by atoms with van der Waals surface area (Å²) in [5.41, 5.74) is 9.33. The molecule has 0 saturated carbocycles. The molecular weight excluding hydrogens is 559 g/mol. The van der Waals surface area contributed by atoms with Gasteiger partial charge in [-0.05, 0) is 62.3 Å². The molecule has 0 aliphatic carbocycles. The van der Waals surface area contributed by atoms with Gasteiger partial charge in [-0.2, -0.15) is 0 Å². The number of aryl methyl sites for hydroxylation is 1. The Kier molecular flexibility index (Phi) is 8.89. The minimum Gasteiger partial charge on any atom is -0.408 e. The lowest BCUT2D eigenvalue weighted by Gasteiger charge is -2.34. The second-order valence-electron chi connectivity index (χ2n) is 17.9. The first-order valence-corrected chi connectivity index (χ1v) is 17.3. The van der Waals surface area contributed by atoms with E-state index in [0.29, 0.717) is 0 Å². The normalized spacial score (nSPS) is 15.0. The van der Waals surface area contributed by atoms with Crippen molar-refractivity contribution in [3.63, 3.8) is 0 Å². The van der Waals surface area contributed by atoms with Gasteiger partial charge in [-0.1, -0.05) is 146 Å². The highest BCUT2D eigenvalue weighted by molar-refractivity contribution is 7.43. The Bertz CT molecular complexity index is 1450. The van der Waals surface area contributed by atoms with Crippen molar-refractivity contribution in [2.75, 3.05) is 0 Å². The van der Waals surface area contributed by atoms with Crippen LogP contribution in [-0.2, 0) is 33.5 Å². The van der Waals surface area contributed by atoms with Crippen LogP contribution in [0.15, 0.2) is 42.5 Å². The molecule has 3 aromatic rings. The van der Waals surface area contributed by atoms with Gasteiger partial charge < -0.3 is 13.6 Å². The maximum atomic E-state index is 7.01. The summed E-state index contributed by atoms with van der Waals surface area (Å²) in [5, 5.41) is 0. The maximum absolute atomic E-state index is 7.01. The van der Waals surface area contributed by atoms with Crippen LogP contribution in [-0.4, -0.2) is 0 Å². The molecule has 4 rings (SSSR count). The van der Waals surface area contributed by atoms with Crippen LogP contribution in [0.4, 0.5) is 0 Å². The van der Waals surface area contributed by atoms with Crippen LogP contribution >= 0.6 is 8.60 Å². The monoisotopic (exact) mass is 616 g/mol. The fourth-order valence-electron chi connectivity index (χ4n) is 5.64. The average Bonchev–Trinajstić information content (AvgIpc) is 2.82. The highest BCUT2D eigenvalue weighted by Crippen LogP contribution is 2.54. The largest absolute Gasteiger partial charge is 0.530 e. The molecule has 44 heavy (non-hydrogen) atoms. The summed E-state index contributed by atoms with van der Waals surface area (Å²) >= 11 is 0. The molecule has 3 aromatic carbocycles. The van der Waals surface area contributed by atoms with Gasteiger partial charge in [0.15, 0.2) is 0 Å². The second-order valence-corrected chi connectivity index (χ2v) is 18.9. The molecule has 0 fully saturated rings. The molecule has 240 valence electrons. The fraction of sp³-hybridized carbons (Fsp3) is 0.550. The lowest BCUT2D eigenvalue weighted by Crippen LogP contribution is -2.23. The van der Waals surface area contributed by atoms with E-state index in [1.807, 2.05) is 0 Å². The topological polar surface area (TPSA) is 27.7 Å². The Labute approximate surface area is 270 Å². The molecule has 0 saturated heterocycles. The highest BCUT2D eigenvalue weighted by atomic mass is 31.2. The van der Waals surface area contributed by atoms with Crippen LogP contribution in [0, 0.1) is 6.92 Å². The Morgan fingerprint density at radius 3 is 1.30 bits per heavy atom. The van der Waals surface area contributed by atoms with E-state index in [1.54, 1.807) is 0 Å². The first-order chi connectivity index (χ1) is 19.9. The van der Waals surface area contributed by atoms with Crippen molar-refractivity contribution in [2.24, 2.45) is 0 Å². The minimum absolute atomic E-state index is 0.00863. The molecule has 0 N–H and O–H groups in total. The fourth-order valence-corrected chi connectivity index (χ4v) is 6.80. The number of hydrogen-bond donors (Lipinski definition) is 0. The molecule has 0 radical (unpaired) electrons. The zero-order valence-electron chi connectivity index (χ0n) is 30.4. The van der Waals surface area contributed by atoms with E-state index in [2.05, 4.69) is 153 Å². The number of benzene rings is 3. The summed E-state index contributed by atoms with van der Waals surface area (Å²) in [6.07, 6.45) is 0.728. The van der Waals surface area contributed by atoms with Crippen LogP contribution in [0.2, 0.25) is 0 Å². The third-order valence-electron chi connectivity index (χ3n) is 8.51. The molecule has 4 heteroatoms. The van der Waals surface area contributed by atoms with Gasteiger partial charge in [-0.15, -0.1) is 0 Å². The zero-order valence-corrected chi connectivity index (χ0v) is 31.3. The number of fused-ring (bicyclic) bond motifs is 2. The number of hydrogen-bond acceptors (Lipinski definition) is 3. The molecule has 0 unspecified atom stereocenters.